The largest absolute Gasteiger partial charge is 0.345 e. The third kappa shape index (κ3) is 2.66. The number of thiophene rings is 1. The monoisotopic (exact) mass is 197 g/mol. The van der Waals surface area contributed by atoms with Crippen LogP contribution in [0.4, 0.5) is 0 Å². The Morgan fingerprint density at radius 3 is 2.62 bits per heavy atom. The molecule has 4 heteroatoms. The highest BCUT2D eigenvalue weighted by Crippen LogP contribution is 2.12. The molecule has 13 heavy (non-hydrogen) atoms. The summed E-state index contributed by atoms with van der Waals surface area (Å²) in [6, 6.07) is 0. The van der Waals surface area contributed by atoms with Gasteiger partial charge in [0.1, 0.15) is 5.78 Å². The molecule has 0 unspecified atom stereocenters. The second kappa shape index (κ2) is 4.18. The van der Waals surface area contributed by atoms with E-state index in [9.17, 15) is 9.59 Å². The summed E-state index contributed by atoms with van der Waals surface area (Å²) in [5.74, 6) is -0.213. The normalized spacial score (nSPS) is 9.69. The van der Waals surface area contributed by atoms with E-state index in [0.29, 0.717) is 5.56 Å². The summed E-state index contributed by atoms with van der Waals surface area (Å²) in [6.45, 7) is 3.42. The summed E-state index contributed by atoms with van der Waals surface area (Å²) in [6.07, 6.45) is 0. The van der Waals surface area contributed by atoms with Crippen molar-refractivity contribution in [3.63, 3.8) is 0 Å². The summed E-state index contributed by atoms with van der Waals surface area (Å²) in [7, 11) is 0. The number of hydrogen-bond donors (Lipinski definition) is 1. The SMILES string of the molecule is CC(=O)CNC(=O)c1cscc1C. The van der Waals surface area contributed by atoms with Gasteiger partial charge in [-0.3, -0.25) is 9.59 Å². The number of rotatable bonds is 3. The molecule has 0 aliphatic carbocycles. The van der Waals surface area contributed by atoms with Crippen molar-refractivity contribution in [1.29, 1.82) is 0 Å². The fraction of sp³-hybridized carbons (Fsp3) is 0.333. The van der Waals surface area contributed by atoms with Gasteiger partial charge in [-0.1, -0.05) is 0 Å². The number of aryl methyl sites for hydroxylation is 1. The highest BCUT2D eigenvalue weighted by Gasteiger charge is 2.09. The quantitative estimate of drug-likeness (QED) is 0.795. The molecule has 0 fully saturated rings. The molecule has 1 rings (SSSR count). The van der Waals surface area contributed by atoms with Gasteiger partial charge in [0, 0.05) is 5.38 Å². The summed E-state index contributed by atoms with van der Waals surface area (Å²) < 4.78 is 0. The Labute approximate surface area is 80.8 Å². The lowest BCUT2D eigenvalue weighted by Crippen LogP contribution is -2.28. The number of ketones is 1. The third-order valence-corrected chi connectivity index (χ3v) is 2.46. The Balaban J connectivity index is 2.59. The number of Topliss-reactive ketones (excluding diaryl/α,β-unsaturated/α-hetero) is 1. The maximum Gasteiger partial charge on any atom is 0.252 e. The average Bonchev–Trinajstić information content (AvgIpc) is 2.47. The lowest BCUT2D eigenvalue weighted by Gasteiger charge is -2.00. The second-order valence-electron chi connectivity index (χ2n) is 2.85. The Kier molecular flexibility index (Phi) is 3.19. The molecule has 0 atom stereocenters. The zero-order valence-electron chi connectivity index (χ0n) is 7.59. The molecule has 0 saturated carbocycles. The van der Waals surface area contributed by atoms with Crippen molar-refractivity contribution in [3.05, 3.63) is 21.9 Å². The third-order valence-electron chi connectivity index (χ3n) is 1.60. The Morgan fingerprint density at radius 1 is 1.46 bits per heavy atom. The van der Waals surface area contributed by atoms with Gasteiger partial charge in [-0.2, -0.15) is 11.3 Å². The van der Waals surface area contributed by atoms with Crippen molar-refractivity contribution < 1.29 is 9.59 Å². The van der Waals surface area contributed by atoms with Crippen LogP contribution in [0, 0.1) is 6.92 Å². The highest BCUT2D eigenvalue weighted by atomic mass is 32.1. The predicted octanol–water partition coefficient (Wildman–Crippen LogP) is 1.38. The summed E-state index contributed by atoms with van der Waals surface area (Å²) in [5, 5.41) is 6.23. The fourth-order valence-corrected chi connectivity index (χ4v) is 1.72. The number of nitrogens with one attached hydrogen (secondary N) is 1. The van der Waals surface area contributed by atoms with Crippen molar-refractivity contribution in [2.75, 3.05) is 6.54 Å². The van der Waals surface area contributed by atoms with Crippen molar-refractivity contribution in [1.82, 2.24) is 5.32 Å². The zero-order chi connectivity index (χ0) is 9.84. The van der Waals surface area contributed by atoms with Crippen molar-refractivity contribution in [2.24, 2.45) is 0 Å². The van der Waals surface area contributed by atoms with Gasteiger partial charge in [-0.25, -0.2) is 0 Å². The molecular weight excluding hydrogens is 186 g/mol. The van der Waals surface area contributed by atoms with Gasteiger partial charge in [0.2, 0.25) is 0 Å². The number of carbonyl (C=O) groups is 2. The maximum absolute atomic E-state index is 11.4. The first-order valence-electron chi connectivity index (χ1n) is 3.91. The molecule has 70 valence electrons. The highest BCUT2D eigenvalue weighted by molar-refractivity contribution is 7.08. The van der Waals surface area contributed by atoms with Crippen molar-refractivity contribution in [3.8, 4) is 0 Å². The predicted molar refractivity (Wildman–Crippen MR) is 52.1 cm³/mol. The van der Waals surface area contributed by atoms with Crippen LogP contribution in [-0.4, -0.2) is 18.2 Å². The molecule has 0 aliphatic rings. The topological polar surface area (TPSA) is 46.2 Å². The molecule has 0 aliphatic heterocycles. The van der Waals surface area contributed by atoms with Gasteiger partial charge >= 0.3 is 0 Å². The first-order valence-corrected chi connectivity index (χ1v) is 4.86. The average molecular weight is 197 g/mol. The molecule has 0 spiro atoms. The van der Waals surface area contributed by atoms with Crippen LogP contribution >= 0.6 is 11.3 Å². The van der Waals surface area contributed by atoms with E-state index < -0.39 is 0 Å². The van der Waals surface area contributed by atoms with Gasteiger partial charge in [-0.15, -0.1) is 0 Å². The number of carbonyl (C=O) groups excluding carboxylic acids is 2. The van der Waals surface area contributed by atoms with Gasteiger partial charge in [0.15, 0.2) is 0 Å². The van der Waals surface area contributed by atoms with Crippen LogP contribution in [0.5, 0.6) is 0 Å². The molecule has 0 saturated heterocycles. The first-order chi connectivity index (χ1) is 6.11. The standard InChI is InChI=1S/C9H11NO2S/c1-6-4-13-5-8(6)9(12)10-3-7(2)11/h4-5H,3H2,1-2H3,(H,10,12). The van der Waals surface area contributed by atoms with Crippen LogP contribution in [-0.2, 0) is 4.79 Å². The van der Waals surface area contributed by atoms with E-state index in [2.05, 4.69) is 5.32 Å². The number of amides is 1. The van der Waals surface area contributed by atoms with Gasteiger partial charge in [0.25, 0.3) is 5.91 Å². The van der Waals surface area contributed by atoms with Crippen LogP contribution in [0.3, 0.4) is 0 Å². The second-order valence-corrected chi connectivity index (χ2v) is 3.60. The molecule has 1 N–H and O–H groups in total. The molecule has 3 nitrogen and oxygen atoms in total. The van der Waals surface area contributed by atoms with Crippen LogP contribution in [0.15, 0.2) is 10.8 Å². The lowest BCUT2D eigenvalue weighted by molar-refractivity contribution is -0.116. The van der Waals surface area contributed by atoms with Crippen molar-refractivity contribution in [2.45, 2.75) is 13.8 Å². The number of hydrogen-bond acceptors (Lipinski definition) is 3. The van der Waals surface area contributed by atoms with Crippen LogP contribution in [0.25, 0.3) is 0 Å². The molecule has 1 aromatic heterocycles. The van der Waals surface area contributed by atoms with Gasteiger partial charge in [-0.05, 0) is 24.8 Å². The minimum absolute atomic E-state index is 0.0405. The zero-order valence-corrected chi connectivity index (χ0v) is 8.40. The van der Waals surface area contributed by atoms with E-state index in [-0.39, 0.29) is 18.2 Å². The van der Waals surface area contributed by atoms with E-state index in [4.69, 9.17) is 0 Å². The van der Waals surface area contributed by atoms with Crippen LogP contribution in [0.1, 0.15) is 22.8 Å². The van der Waals surface area contributed by atoms with Crippen LogP contribution < -0.4 is 5.32 Å². The Hall–Kier alpha value is -1.16. The molecular formula is C9H11NO2S. The van der Waals surface area contributed by atoms with Crippen LogP contribution in [0.2, 0.25) is 0 Å². The first kappa shape index (κ1) is 9.92. The maximum atomic E-state index is 11.4. The molecule has 0 aromatic carbocycles. The van der Waals surface area contributed by atoms with Crippen molar-refractivity contribution >= 4 is 23.0 Å². The molecule has 1 amide bonds. The summed E-state index contributed by atoms with van der Waals surface area (Å²) in [4.78, 5) is 22.0. The Morgan fingerprint density at radius 2 is 2.15 bits per heavy atom. The fourth-order valence-electron chi connectivity index (χ4n) is 0.893. The summed E-state index contributed by atoms with van der Waals surface area (Å²) >= 11 is 1.48. The molecule has 0 radical (unpaired) electrons. The molecule has 1 heterocycles. The van der Waals surface area contributed by atoms with E-state index in [1.165, 1.54) is 18.3 Å². The summed E-state index contributed by atoms with van der Waals surface area (Å²) in [5.41, 5.74) is 1.61. The lowest BCUT2D eigenvalue weighted by atomic mass is 10.2. The van der Waals surface area contributed by atoms with E-state index >= 15 is 0 Å². The minimum Gasteiger partial charge on any atom is -0.345 e. The molecule has 0 bridgehead atoms. The smallest absolute Gasteiger partial charge is 0.252 e. The Bertz CT molecular complexity index is 330. The van der Waals surface area contributed by atoms with Gasteiger partial charge < -0.3 is 5.32 Å². The minimum atomic E-state index is -0.172. The van der Waals surface area contributed by atoms with E-state index in [0.717, 1.165) is 5.56 Å². The van der Waals surface area contributed by atoms with Gasteiger partial charge in [0.05, 0.1) is 12.1 Å². The van der Waals surface area contributed by atoms with E-state index in [1.54, 1.807) is 5.38 Å². The van der Waals surface area contributed by atoms with E-state index in [1.807, 2.05) is 12.3 Å². The molecule has 1 aromatic rings.